The molecule has 0 unspecified atom stereocenters. The summed E-state index contributed by atoms with van der Waals surface area (Å²) in [6.45, 7) is 0. The SMILES string of the molecule is c1ccc(-n2c3ccccc3c3cccc(-c4ccc(N(c5ccccc5-c5cccc6c5-c5ccccc5C6(c5ccccc5)c5ccccc5)c5ccccc5-c5cccc6cccc(C7CCCCC7)c56)cc4)c32)cc1. The molecule has 12 aromatic carbocycles. The van der Waals surface area contributed by atoms with Crippen LogP contribution in [0.5, 0.6) is 0 Å². The third-order valence-corrected chi connectivity index (χ3v) is 17.5. The molecule has 2 heteroatoms. The van der Waals surface area contributed by atoms with Crippen LogP contribution in [0, 0.1) is 0 Å². The Hall–Kier alpha value is -9.50. The van der Waals surface area contributed by atoms with E-state index in [0.29, 0.717) is 5.92 Å². The molecule has 0 radical (unpaired) electrons. The maximum absolute atomic E-state index is 2.56. The number of hydrogen-bond acceptors (Lipinski definition) is 1. The summed E-state index contributed by atoms with van der Waals surface area (Å²) in [4.78, 5) is 2.56. The second-order valence-electron chi connectivity index (χ2n) is 21.6. The monoisotopic (exact) mass is 1010 g/mol. The van der Waals surface area contributed by atoms with Gasteiger partial charge in [0.15, 0.2) is 0 Å². The van der Waals surface area contributed by atoms with Crippen LogP contribution in [-0.4, -0.2) is 4.57 Å². The van der Waals surface area contributed by atoms with E-state index in [1.165, 1.54) is 131 Å². The minimum atomic E-state index is -0.527. The normalized spacial score (nSPS) is 13.9. The largest absolute Gasteiger partial charge is 0.309 e. The molecule has 1 aromatic heterocycles. The molecule has 1 saturated carbocycles. The number of para-hydroxylation sites is 5. The first-order chi connectivity index (χ1) is 39.3. The van der Waals surface area contributed by atoms with Crippen molar-refractivity contribution >= 4 is 49.6 Å². The fraction of sp³-hybridized carbons (Fsp3) is 0.0909. The first-order valence-corrected chi connectivity index (χ1v) is 28.3. The standard InChI is InChI=1S/C77H58N2/c1-5-25-53(26-6-1)60-39-21-27-55-28-22-41-65(74(55)60)62-35-14-18-46-71(62)78(59-51-49-54(50-52-59)61-40-23-43-67-64-37-16-20-48-73(64)79(76(61)67)58-33-11-4-12-34-58)72-47-19-15-36-63(72)66-42-24-45-70-75(66)68-38-13-17-44-69(68)77(70,56-29-7-2-8-30-56)57-31-9-3-10-32-57/h2-4,7-24,27-53H,1,5-6,25-26H2. The summed E-state index contributed by atoms with van der Waals surface area (Å²) < 4.78 is 2.44. The fourth-order valence-corrected chi connectivity index (χ4v) is 14.2. The second kappa shape index (κ2) is 19.5. The molecule has 2 nitrogen and oxygen atoms in total. The van der Waals surface area contributed by atoms with Gasteiger partial charge in [0.05, 0.1) is 27.8 Å². The third-order valence-electron chi connectivity index (χ3n) is 17.5. The van der Waals surface area contributed by atoms with Crippen molar-refractivity contribution in [3.05, 3.63) is 313 Å². The van der Waals surface area contributed by atoms with Crippen LogP contribution >= 0.6 is 0 Å². The van der Waals surface area contributed by atoms with Crippen LogP contribution in [0.3, 0.4) is 0 Å². The summed E-state index contributed by atoms with van der Waals surface area (Å²) in [6.07, 6.45) is 6.37. The quantitative estimate of drug-likeness (QED) is 0.133. The number of fused-ring (bicyclic) bond motifs is 7. The van der Waals surface area contributed by atoms with Crippen molar-refractivity contribution in [2.24, 2.45) is 0 Å². The first-order valence-electron chi connectivity index (χ1n) is 28.3. The van der Waals surface area contributed by atoms with E-state index in [0.717, 1.165) is 28.3 Å². The lowest BCUT2D eigenvalue weighted by atomic mass is 9.67. The minimum Gasteiger partial charge on any atom is -0.309 e. The van der Waals surface area contributed by atoms with E-state index in [1.807, 2.05) is 0 Å². The first kappa shape index (κ1) is 46.8. The van der Waals surface area contributed by atoms with Gasteiger partial charge < -0.3 is 9.47 Å². The third kappa shape index (κ3) is 7.54. The van der Waals surface area contributed by atoms with Gasteiger partial charge in [0.25, 0.3) is 0 Å². The van der Waals surface area contributed by atoms with Gasteiger partial charge >= 0.3 is 0 Å². The predicted octanol–water partition coefficient (Wildman–Crippen LogP) is 20.8. The van der Waals surface area contributed by atoms with Crippen LogP contribution in [0.15, 0.2) is 285 Å². The van der Waals surface area contributed by atoms with Crippen molar-refractivity contribution in [2.75, 3.05) is 4.90 Å². The van der Waals surface area contributed by atoms with E-state index >= 15 is 0 Å². The molecule has 0 aliphatic heterocycles. The molecule has 0 saturated heterocycles. The van der Waals surface area contributed by atoms with Crippen LogP contribution in [0.4, 0.5) is 17.1 Å². The van der Waals surface area contributed by atoms with E-state index in [4.69, 9.17) is 0 Å². The lowest BCUT2D eigenvalue weighted by molar-refractivity contribution is 0.445. The van der Waals surface area contributed by atoms with Crippen molar-refractivity contribution < 1.29 is 0 Å². The van der Waals surface area contributed by atoms with Crippen LogP contribution in [-0.2, 0) is 5.41 Å². The zero-order chi connectivity index (χ0) is 52.3. The molecular formula is C77H58N2. The van der Waals surface area contributed by atoms with Crippen LogP contribution in [0.25, 0.3) is 82.8 Å². The molecule has 376 valence electrons. The summed E-state index contributed by atoms with van der Waals surface area (Å²) in [5.41, 5.74) is 22.7. The Bertz CT molecular complexity index is 4350. The molecule has 0 amide bonds. The molecule has 13 aromatic rings. The molecule has 2 aliphatic rings. The number of aromatic nitrogens is 1. The van der Waals surface area contributed by atoms with Gasteiger partial charge in [-0.25, -0.2) is 0 Å². The summed E-state index contributed by atoms with van der Waals surface area (Å²) in [6, 6.07) is 107. The summed E-state index contributed by atoms with van der Waals surface area (Å²) >= 11 is 0. The molecule has 1 heterocycles. The molecule has 2 aliphatic carbocycles. The number of anilines is 3. The Morgan fingerprint density at radius 3 is 1.61 bits per heavy atom. The molecule has 0 spiro atoms. The molecule has 15 rings (SSSR count). The fourth-order valence-electron chi connectivity index (χ4n) is 14.2. The number of nitrogens with zero attached hydrogens (tertiary/aromatic N) is 2. The van der Waals surface area contributed by atoms with Crippen molar-refractivity contribution in [3.63, 3.8) is 0 Å². The number of hydrogen-bond donors (Lipinski definition) is 0. The van der Waals surface area contributed by atoms with E-state index in [1.54, 1.807) is 0 Å². The van der Waals surface area contributed by atoms with Crippen LogP contribution < -0.4 is 4.90 Å². The number of rotatable bonds is 10. The highest BCUT2D eigenvalue weighted by Crippen LogP contribution is 2.59. The Labute approximate surface area is 463 Å². The van der Waals surface area contributed by atoms with Gasteiger partial charge in [0, 0.05) is 38.8 Å². The van der Waals surface area contributed by atoms with Gasteiger partial charge in [0.2, 0.25) is 0 Å². The topological polar surface area (TPSA) is 8.17 Å². The zero-order valence-corrected chi connectivity index (χ0v) is 44.1. The predicted molar refractivity (Wildman–Crippen MR) is 332 cm³/mol. The average molecular weight is 1010 g/mol. The molecule has 0 bridgehead atoms. The number of benzene rings is 12. The van der Waals surface area contributed by atoms with Gasteiger partial charge in [-0.2, -0.15) is 0 Å². The average Bonchev–Trinajstić information content (AvgIpc) is 4.13. The van der Waals surface area contributed by atoms with Crippen molar-refractivity contribution in [2.45, 2.75) is 43.4 Å². The van der Waals surface area contributed by atoms with Crippen molar-refractivity contribution in [3.8, 4) is 50.2 Å². The maximum atomic E-state index is 2.56. The summed E-state index contributed by atoms with van der Waals surface area (Å²) in [7, 11) is 0. The van der Waals surface area contributed by atoms with Gasteiger partial charge in [-0.05, 0) is 128 Å². The molecule has 0 atom stereocenters. The molecule has 79 heavy (non-hydrogen) atoms. The Morgan fingerprint density at radius 2 is 0.886 bits per heavy atom. The lowest BCUT2D eigenvalue weighted by Gasteiger charge is -2.34. The van der Waals surface area contributed by atoms with Crippen LogP contribution in [0.2, 0.25) is 0 Å². The second-order valence-corrected chi connectivity index (χ2v) is 21.6. The highest BCUT2D eigenvalue weighted by Gasteiger charge is 2.47. The zero-order valence-electron chi connectivity index (χ0n) is 44.1. The van der Waals surface area contributed by atoms with Crippen LogP contribution in [0.1, 0.15) is 65.8 Å². The molecule has 1 fully saturated rings. The highest BCUT2D eigenvalue weighted by molar-refractivity contribution is 6.14. The summed E-state index contributed by atoms with van der Waals surface area (Å²) in [5.74, 6) is 0.544. The summed E-state index contributed by atoms with van der Waals surface area (Å²) in [5, 5.41) is 5.17. The van der Waals surface area contributed by atoms with Crippen molar-refractivity contribution in [1.82, 2.24) is 4.57 Å². The maximum Gasteiger partial charge on any atom is 0.0713 e. The Kier molecular flexibility index (Phi) is 11.5. The van der Waals surface area contributed by atoms with Gasteiger partial charge in [0.1, 0.15) is 0 Å². The smallest absolute Gasteiger partial charge is 0.0713 e. The van der Waals surface area contributed by atoms with E-state index in [2.05, 4.69) is 295 Å². The van der Waals surface area contributed by atoms with E-state index < -0.39 is 5.41 Å². The van der Waals surface area contributed by atoms with E-state index in [9.17, 15) is 0 Å². The minimum absolute atomic E-state index is 0.527. The molecule has 0 N–H and O–H groups in total. The van der Waals surface area contributed by atoms with Crippen molar-refractivity contribution in [1.29, 1.82) is 0 Å². The molecular weight excluding hydrogens is 953 g/mol. The Balaban J connectivity index is 0.971. The van der Waals surface area contributed by atoms with Gasteiger partial charge in [-0.3, -0.25) is 0 Å². The lowest BCUT2D eigenvalue weighted by Crippen LogP contribution is -2.28. The highest BCUT2D eigenvalue weighted by atomic mass is 15.1. The van der Waals surface area contributed by atoms with E-state index in [-0.39, 0.29) is 0 Å². The van der Waals surface area contributed by atoms with Gasteiger partial charge in [-0.1, -0.05) is 262 Å². The Morgan fingerprint density at radius 1 is 0.367 bits per heavy atom. The van der Waals surface area contributed by atoms with Gasteiger partial charge in [-0.15, -0.1) is 0 Å².